The standard InChI is InChI=1S/C10H15N3/c1-13-6-11-12-10(13)9-5-7-2-3-8(9)4-7/h6-9H,2-5H2,1H3. The Morgan fingerprint density at radius 2 is 2.31 bits per heavy atom. The minimum atomic E-state index is 0.714. The van der Waals surface area contributed by atoms with Crippen LogP contribution in [0.15, 0.2) is 6.33 Å². The van der Waals surface area contributed by atoms with E-state index in [0.29, 0.717) is 5.92 Å². The average molecular weight is 177 g/mol. The van der Waals surface area contributed by atoms with E-state index in [-0.39, 0.29) is 0 Å². The Kier molecular flexibility index (Phi) is 1.49. The summed E-state index contributed by atoms with van der Waals surface area (Å²) in [6.45, 7) is 0. The van der Waals surface area contributed by atoms with Gasteiger partial charge in [-0.3, -0.25) is 0 Å². The van der Waals surface area contributed by atoms with Gasteiger partial charge in [0.1, 0.15) is 12.2 Å². The molecule has 3 unspecified atom stereocenters. The van der Waals surface area contributed by atoms with Gasteiger partial charge in [0, 0.05) is 13.0 Å². The Bertz CT molecular complexity index is 318. The molecular formula is C10H15N3. The largest absolute Gasteiger partial charge is 0.320 e. The molecule has 3 rings (SSSR count). The second-order valence-corrected chi connectivity index (χ2v) is 4.58. The molecule has 2 aliphatic carbocycles. The van der Waals surface area contributed by atoms with E-state index in [1.54, 1.807) is 0 Å². The third-order valence-corrected chi connectivity index (χ3v) is 3.82. The highest BCUT2D eigenvalue weighted by atomic mass is 15.2. The summed E-state index contributed by atoms with van der Waals surface area (Å²) in [7, 11) is 2.06. The number of hydrogen-bond acceptors (Lipinski definition) is 2. The fraction of sp³-hybridized carbons (Fsp3) is 0.800. The maximum absolute atomic E-state index is 4.23. The first-order valence-electron chi connectivity index (χ1n) is 5.18. The summed E-state index contributed by atoms with van der Waals surface area (Å²) in [6, 6.07) is 0. The monoisotopic (exact) mass is 177 g/mol. The van der Waals surface area contributed by atoms with Gasteiger partial charge in [0.2, 0.25) is 0 Å². The molecule has 2 saturated carbocycles. The summed E-state index contributed by atoms with van der Waals surface area (Å²) in [4.78, 5) is 0. The van der Waals surface area contributed by atoms with E-state index in [2.05, 4.69) is 21.8 Å². The van der Waals surface area contributed by atoms with E-state index in [0.717, 1.165) is 11.8 Å². The summed E-state index contributed by atoms with van der Waals surface area (Å²) in [5, 5.41) is 8.19. The zero-order chi connectivity index (χ0) is 8.84. The van der Waals surface area contributed by atoms with Crippen molar-refractivity contribution < 1.29 is 0 Å². The smallest absolute Gasteiger partial charge is 0.135 e. The Hall–Kier alpha value is -0.860. The van der Waals surface area contributed by atoms with Crippen molar-refractivity contribution in [3.05, 3.63) is 12.2 Å². The molecule has 0 aliphatic heterocycles. The van der Waals surface area contributed by atoms with Crippen LogP contribution in [0.2, 0.25) is 0 Å². The fourth-order valence-corrected chi connectivity index (χ4v) is 3.19. The summed E-state index contributed by atoms with van der Waals surface area (Å²) >= 11 is 0. The number of aromatic nitrogens is 3. The predicted octanol–water partition coefficient (Wildman–Crippen LogP) is 1.72. The molecule has 3 atom stereocenters. The minimum absolute atomic E-state index is 0.714. The molecule has 0 spiro atoms. The van der Waals surface area contributed by atoms with Gasteiger partial charge in [-0.1, -0.05) is 6.42 Å². The SMILES string of the molecule is Cn1cnnc1C1CC2CCC1C2. The van der Waals surface area contributed by atoms with Gasteiger partial charge in [-0.25, -0.2) is 0 Å². The van der Waals surface area contributed by atoms with Gasteiger partial charge in [0.25, 0.3) is 0 Å². The van der Waals surface area contributed by atoms with Gasteiger partial charge in [-0.05, 0) is 31.1 Å². The van der Waals surface area contributed by atoms with E-state index in [1.807, 2.05) is 6.33 Å². The second-order valence-electron chi connectivity index (χ2n) is 4.58. The van der Waals surface area contributed by atoms with E-state index >= 15 is 0 Å². The molecule has 0 N–H and O–H groups in total. The third-order valence-electron chi connectivity index (χ3n) is 3.82. The summed E-state index contributed by atoms with van der Waals surface area (Å²) < 4.78 is 2.09. The van der Waals surface area contributed by atoms with Crippen LogP contribution in [0.1, 0.15) is 37.4 Å². The first-order valence-corrected chi connectivity index (χ1v) is 5.18. The highest BCUT2D eigenvalue weighted by Crippen LogP contribution is 2.52. The van der Waals surface area contributed by atoms with Gasteiger partial charge in [-0.15, -0.1) is 10.2 Å². The van der Waals surface area contributed by atoms with Crippen molar-refractivity contribution in [2.75, 3.05) is 0 Å². The van der Waals surface area contributed by atoms with Crippen molar-refractivity contribution in [1.82, 2.24) is 14.8 Å². The molecule has 2 bridgehead atoms. The van der Waals surface area contributed by atoms with Crippen LogP contribution >= 0.6 is 0 Å². The van der Waals surface area contributed by atoms with E-state index in [4.69, 9.17) is 0 Å². The van der Waals surface area contributed by atoms with Gasteiger partial charge in [0.05, 0.1) is 0 Å². The lowest BCUT2D eigenvalue weighted by atomic mass is 9.88. The van der Waals surface area contributed by atoms with E-state index < -0.39 is 0 Å². The van der Waals surface area contributed by atoms with Crippen molar-refractivity contribution in [3.8, 4) is 0 Å². The first kappa shape index (κ1) is 7.54. The number of aryl methyl sites for hydroxylation is 1. The van der Waals surface area contributed by atoms with Crippen LogP contribution < -0.4 is 0 Å². The summed E-state index contributed by atoms with van der Waals surface area (Å²) in [5.74, 6) is 3.83. The molecule has 2 fully saturated rings. The molecule has 1 aromatic heterocycles. The Morgan fingerprint density at radius 1 is 1.38 bits per heavy atom. The number of hydrogen-bond donors (Lipinski definition) is 0. The van der Waals surface area contributed by atoms with Crippen molar-refractivity contribution in [2.24, 2.45) is 18.9 Å². The van der Waals surface area contributed by atoms with Crippen molar-refractivity contribution in [2.45, 2.75) is 31.6 Å². The number of nitrogens with zero attached hydrogens (tertiary/aromatic N) is 3. The van der Waals surface area contributed by atoms with Crippen LogP contribution in [0, 0.1) is 11.8 Å². The Balaban J connectivity index is 1.91. The minimum Gasteiger partial charge on any atom is -0.320 e. The van der Waals surface area contributed by atoms with Crippen LogP contribution in [-0.4, -0.2) is 14.8 Å². The lowest BCUT2D eigenvalue weighted by Gasteiger charge is -2.20. The molecule has 70 valence electrons. The van der Waals surface area contributed by atoms with Gasteiger partial charge >= 0.3 is 0 Å². The third kappa shape index (κ3) is 1.02. The van der Waals surface area contributed by atoms with Crippen LogP contribution in [0.4, 0.5) is 0 Å². The Labute approximate surface area is 78.2 Å². The van der Waals surface area contributed by atoms with Gasteiger partial charge in [-0.2, -0.15) is 0 Å². The zero-order valence-corrected chi connectivity index (χ0v) is 7.98. The highest BCUT2D eigenvalue weighted by Gasteiger charge is 2.41. The zero-order valence-electron chi connectivity index (χ0n) is 7.98. The molecule has 0 saturated heterocycles. The van der Waals surface area contributed by atoms with E-state index in [9.17, 15) is 0 Å². The van der Waals surface area contributed by atoms with Gasteiger partial charge in [0.15, 0.2) is 0 Å². The van der Waals surface area contributed by atoms with E-state index in [1.165, 1.54) is 31.5 Å². The summed E-state index contributed by atoms with van der Waals surface area (Å²) in [5.41, 5.74) is 0. The molecule has 1 heterocycles. The fourth-order valence-electron chi connectivity index (χ4n) is 3.19. The highest BCUT2D eigenvalue weighted by molar-refractivity contribution is 5.06. The average Bonchev–Trinajstić information content (AvgIpc) is 2.77. The molecule has 0 aromatic carbocycles. The number of rotatable bonds is 1. The molecule has 1 aromatic rings. The normalized spacial score (nSPS) is 37.2. The topological polar surface area (TPSA) is 30.7 Å². The summed E-state index contributed by atoms with van der Waals surface area (Å²) in [6.07, 6.45) is 7.50. The lowest BCUT2D eigenvalue weighted by Crippen LogP contribution is -2.13. The predicted molar refractivity (Wildman–Crippen MR) is 49.2 cm³/mol. The van der Waals surface area contributed by atoms with Gasteiger partial charge < -0.3 is 4.57 Å². The second kappa shape index (κ2) is 2.56. The van der Waals surface area contributed by atoms with Crippen LogP contribution in [0.25, 0.3) is 0 Å². The maximum Gasteiger partial charge on any atom is 0.135 e. The van der Waals surface area contributed by atoms with Crippen molar-refractivity contribution in [3.63, 3.8) is 0 Å². The molecule has 3 heteroatoms. The molecular weight excluding hydrogens is 162 g/mol. The lowest BCUT2D eigenvalue weighted by molar-refractivity contribution is 0.398. The van der Waals surface area contributed by atoms with Crippen molar-refractivity contribution >= 4 is 0 Å². The maximum atomic E-state index is 4.23. The van der Waals surface area contributed by atoms with Crippen molar-refractivity contribution in [1.29, 1.82) is 0 Å². The molecule has 3 nitrogen and oxygen atoms in total. The number of fused-ring (bicyclic) bond motifs is 2. The van der Waals surface area contributed by atoms with Crippen LogP contribution in [0.3, 0.4) is 0 Å². The van der Waals surface area contributed by atoms with Crippen LogP contribution in [0.5, 0.6) is 0 Å². The van der Waals surface area contributed by atoms with Crippen LogP contribution in [-0.2, 0) is 7.05 Å². The quantitative estimate of drug-likeness (QED) is 0.654. The molecule has 2 aliphatic rings. The first-order chi connectivity index (χ1) is 6.34. The molecule has 13 heavy (non-hydrogen) atoms. The molecule has 0 amide bonds. The molecule has 0 radical (unpaired) electrons. The Morgan fingerprint density at radius 3 is 2.85 bits per heavy atom.